The second-order valence-corrected chi connectivity index (χ2v) is 16.5. The van der Waals surface area contributed by atoms with E-state index in [1.54, 1.807) is 0 Å². The summed E-state index contributed by atoms with van der Waals surface area (Å²) >= 11 is 0. The number of carboxylic acids is 1. The molecule has 2 atom stereocenters. The van der Waals surface area contributed by atoms with E-state index < -0.39 is 24.5 Å². The summed E-state index contributed by atoms with van der Waals surface area (Å²) in [7, 11) is 0. The Morgan fingerprint density at radius 3 is 1.41 bits per heavy atom. The van der Waals surface area contributed by atoms with Gasteiger partial charge in [-0.15, -0.1) is 0 Å². The summed E-state index contributed by atoms with van der Waals surface area (Å²) in [6.45, 7) is 3.48. The molecule has 0 saturated carbocycles. The SMILES string of the molecule is CCCCCC/C=C\C/C=C\CCCCCCCC(=O)OC(CCCCC/C=C\CCCCCCCCCC)CCCCCCCC(=O)NCC(=O)NC(CO)C(=O)O. The molecule has 0 aromatic heterocycles. The van der Waals surface area contributed by atoms with E-state index in [4.69, 9.17) is 14.9 Å². The molecule has 2 amide bonds. The zero-order valence-corrected chi connectivity index (χ0v) is 38.0. The molecule has 0 bridgehead atoms. The molecule has 0 saturated heterocycles. The molecule has 4 N–H and O–H groups in total. The number of aliphatic hydroxyl groups is 1. The molecule has 0 aliphatic rings. The Bertz CT molecular complexity index is 1090. The number of nitrogens with one attached hydrogen (secondary N) is 2. The molecule has 0 fully saturated rings. The smallest absolute Gasteiger partial charge is 0.328 e. The number of aliphatic hydroxyl groups excluding tert-OH is 1. The van der Waals surface area contributed by atoms with E-state index in [2.05, 4.69) is 60.9 Å². The first-order chi connectivity index (χ1) is 28.8. The maximum Gasteiger partial charge on any atom is 0.328 e. The number of rotatable bonds is 44. The van der Waals surface area contributed by atoms with Crippen LogP contribution in [0.25, 0.3) is 0 Å². The topological polar surface area (TPSA) is 142 Å². The lowest BCUT2D eigenvalue weighted by Gasteiger charge is -2.18. The highest BCUT2D eigenvalue weighted by Gasteiger charge is 2.19. The predicted octanol–water partition coefficient (Wildman–Crippen LogP) is 12.5. The Morgan fingerprint density at radius 2 is 0.915 bits per heavy atom. The molecule has 0 rings (SSSR count). The van der Waals surface area contributed by atoms with Crippen LogP contribution in [0.1, 0.15) is 232 Å². The Balaban J connectivity index is 4.37. The second kappa shape index (κ2) is 44.6. The van der Waals surface area contributed by atoms with Crippen LogP contribution in [0.2, 0.25) is 0 Å². The molecule has 2 unspecified atom stereocenters. The van der Waals surface area contributed by atoms with Crippen molar-refractivity contribution in [3.63, 3.8) is 0 Å². The largest absolute Gasteiger partial charge is 0.480 e. The molecular formula is C50H90N2O7. The number of amides is 2. The average molecular weight is 831 g/mol. The third-order valence-corrected chi connectivity index (χ3v) is 10.9. The Labute approximate surface area is 361 Å². The van der Waals surface area contributed by atoms with Crippen molar-refractivity contribution in [1.82, 2.24) is 10.6 Å². The Morgan fingerprint density at radius 1 is 0.508 bits per heavy atom. The standard InChI is InChI=1S/C50H90N2O7/c1-3-5-7-9-11-13-15-17-19-21-23-25-27-29-34-38-42-49(56)59-45(39-35-31-28-26-24-22-20-18-16-14-12-10-8-6-4-2)40-36-32-30-33-37-41-47(54)51-43-48(55)52-46(44-53)50(57)58/h13,15,19,21-22,24,45-46,53H,3-12,14,16-18,20,23,25-44H2,1-2H3,(H,51,54)(H,52,55)(H,57,58)/b15-13-,21-19-,24-22-. The van der Waals surface area contributed by atoms with Crippen LogP contribution in [0.3, 0.4) is 0 Å². The van der Waals surface area contributed by atoms with Gasteiger partial charge in [0.1, 0.15) is 12.1 Å². The number of carbonyl (C=O) groups excluding carboxylic acids is 3. The summed E-state index contributed by atoms with van der Waals surface area (Å²) in [5.41, 5.74) is 0. The van der Waals surface area contributed by atoms with Gasteiger partial charge in [0.25, 0.3) is 0 Å². The van der Waals surface area contributed by atoms with Gasteiger partial charge in [-0.25, -0.2) is 4.79 Å². The highest BCUT2D eigenvalue weighted by Crippen LogP contribution is 2.18. The van der Waals surface area contributed by atoms with Gasteiger partial charge in [0.05, 0.1) is 13.2 Å². The minimum atomic E-state index is -1.38. The first kappa shape index (κ1) is 56.1. The van der Waals surface area contributed by atoms with Crippen LogP contribution in [0.5, 0.6) is 0 Å². The summed E-state index contributed by atoms with van der Waals surface area (Å²) in [6.07, 6.45) is 51.7. The Hall–Kier alpha value is -2.94. The molecule has 9 nitrogen and oxygen atoms in total. The number of hydrogen-bond acceptors (Lipinski definition) is 6. The summed E-state index contributed by atoms with van der Waals surface area (Å²) in [4.78, 5) is 47.7. The van der Waals surface area contributed by atoms with Gasteiger partial charge in [0.2, 0.25) is 11.8 Å². The molecule has 59 heavy (non-hydrogen) atoms. The number of esters is 1. The van der Waals surface area contributed by atoms with Gasteiger partial charge in [0.15, 0.2) is 0 Å². The number of allylic oxidation sites excluding steroid dienone is 6. The number of carbonyl (C=O) groups is 4. The second-order valence-electron chi connectivity index (χ2n) is 16.5. The van der Waals surface area contributed by atoms with Gasteiger partial charge in [-0.3, -0.25) is 14.4 Å². The molecule has 9 heteroatoms. The fraction of sp³-hybridized carbons (Fsp3) is 0.800. The zero-order chi connectivity index (χ0) is 43.3. The van der Waals surface area contributed by atoms with Gasteiger partial charge in [0, 0.05) is 12.8 Å². The molecular weight excluding hydrogens is 741 g/mol. The van der Waals surface area contributed by atoms with Crippen LogP contribution in [-0.2, 0) is 23.9 Å². The van der Waals surface area contributed by atoms with Crippen molar-refractivity contribution in [3.05, 3.63) is 36.5 Å². The van der Waals surface area contributed by atoms with Crippen molar-refractivity contribution < 1.29 is 34.1 Å². The maximum atomic E-state index is 12.8. The van der Waals surface area contributed by atoms with Crippen LogP contribution in [0, 0.1) is 0 Å². The van der Waals surface area contributed by atoms with Gasteiger partial charge in [-0.2, -0.15) is 0 Å². The summed E-state index contributed by atoms with van der Waals surface area (Å²) in [5, 5.41) is 22.6. The molecule has 342 valence electrons. The van der Waals surface area contributed by atoms with Crippen LogP contribution in [0.15, 0.2) is 36.5 Å². The normalized spacial score (nSPS) is 12.7. The van der Waals surface area contributed by atoms with E-state index in [0.717, 1.165) is 89.9 Å². The summed E-state index contributed by atoms with van der Waals surface area (Å²) in [6, 6.07) is -1.38. The van der Waals surface area contributed by atoms with Crippen LogP contribution in [0.4, 0.5) is 0 Å². The van der Waals surface area contributed by atoms with E-state index in [1.165, 1.54) is 109 Å². The first-order valence-corrected chi connectivity index (χ1v) is 24.4. The quantitative estimate of drug-likeness (QED) is 0.0272. The maximum absolute atomic E-state index is 12.8. The molecule has 0 radical (unpaired) electrons. The van der Waals surface area contributed by atoms with E-state index in [1.807, 2.05) is 0 Å². The number of ether oxygens (including phenoxy) is 1. The van der Waals surface area contributed by atoms with Crippen molar-refractivity contribution in [2.24, 2.45) is 0 Å². The minimum Gasteiger partial charge on any atom is -0.480 e. The predicted molar refractivity (Wildman–Crippen MR) is 245 cm³/mol. The van der Waals surface area contributed by atoms with Gasteiger partial charge >= 0.3 is 11.9 Å². The number of aliphatic carboxylic acids is 1. The molecule has 0 aliphatic carbocycles. The fourth-order valence-electron chi connectivity index (χ4n) is 7.09. The van der Waals surface area contributed by atoms with Crippen molar-refractivity contribution >= 4 is 23.8 Å². The first-order valence-electron chi connectivity index (χ1n) is 24.4. The molecule has 0 heterocycles. The molecule has 0 aromatic rings. The van der Waals surface area contributed by atoms with Gasteiger partial charge in [-0.05, 0) is 96.3 Å². The van der Waals surface area contributed by atoms with Crippen molar-refractivity contribution in [2.75, 3.05) is 13.2 Å². The van der Waals surface area contributed by atoms with E-state index >= 15 is 0 Å². The average Bonchev–Trinajstić information content (AvgIpc) is 3.22. The van der Waals surface area contributed by atoms with Crippen molar-refractivity contribution in [2.45, 2.75) is 244 Å². The lowest BCUT2D eigenvalue weighted by molar-refractivity contribution is -0.150. The Kier molecular flexibility index (Phi) is 42.4. The van der Waals surface area contributed by atoms with E-state index in [0.29, 0.717) is 19.3 Å². The number of hydrogen-bond donors (Lipinski definition) is 4. The van der Waals surface area contributed by atoms with Gasteiger partial charge in [-0.1, -0.05) is 159 Å². The highest BCUT2D eigenvalue weighted by molar-refractivity contribution is 5.87. The highest BCUT2D eigenvalue weighted by atomic mass is 16.5. The molecule has 0 aliphatic heterocycles. The third kappa shape index (κ3) is 41.6. The third-order valence-electron chi connectivity index (χ3n) is 10.9. The summed E-state index contributed by atoms with van der Waals surface area (Å²) < 4.78 is 6.04. The van der Waals surface area contributed by atoms with Crippen molar-refractivity contribution in [1.29, 1.82) is 0 Å². The van der Waals surface area contributed by atoms with Gasteiger partial charge < -0.3 is 25.6 Å². The number of unbranched alkanes of at least 4 members (excludes halogenated alkanes) is 24. The van der Waals surface area contributed by atoms with E-state index in [9.17, 15) is 19.2 Å². The van der Waals surface area contributed by atoms with Crippen LogP contribution >= 0.6 is 0 Å². The van der Waals surface area contributed by atoms with Crippen LogP contribution < -0.4 is 10.6 Å². The number of carboxylic acid groups (broad SMARTS) is 1. The molecule has 0 aromatic carbocycles. The van der Waals surface area contributed by atoms with Crippen LogP contribution in [-0.4, -0.2) is 59.3 Å². The van der Waals surface area contributed by atoms with E-state index in [-0.39, 0.29) is 24.5 Å². The monoisotopic (exact) mass is 831 g/mol. The molecule has 0 spiro atoms. The lowest BCUT2D eigenvalue weighted by atomic mass is 10.0. The van der Waals surface area contributed by atoms with Crippen molar-refractivity contribution in [3.8, 4) is 0 Å². The fourth-order valence-corrected chi connectivity index (χ4v) is 7.09. The zero-order valence-electron chi connectivity index (χ0n) is 38.0. The lowest BCUT2D eigenvalue weighted by Crippen LogP contribution is -2.47. The summed E-state index contributed by atoms with van der Waals surface area (Å²) in [5.74, 6) is -2.31. The minimum absolute atomic E-state index is 0.0359.